The zero-order valence-corrected chi connectivity index (χ0v) is 11.3. The fourth-order valence-electron chi connectivity index (χ4n) is 2.71. The van der Waals surface area contributed by atoms with Gasteiger partial charge >= 0.3 is 5.97 Å². The zero-order valence-electron chi connectivity index (χ0n) is 11.3. The van der Waals surface area contributed by atoms with Gasteiger partial charge in [-0.05, 0) is 31.4 Å². The first-order valence-corrected chi connectivity index (χ1v) is 6.50. The fourth-order valence-corrected chi connectivity index (χ4v) is 2.71. The average Bonchev–Trinajstić information content (AvgIpc) is 2.46. The molecular weight excluding hydrogens is 240 g/mol. The Balaban J connectivity index is 2.27. The van der Waals surface area contributed by atoms with E-state index >= 15 is 0 Å². The molecule has 19 heavy (non-hydrogen) atoms. The maximum atomic E-state index is 11.7. The van der Waals surface area contributed by atoms with Crippen LogP contribution in [0.5, 0.6) is 0 Å². The van der Waals surface area contributed by atoms with E-state index in [1.807, 2.05) is 25.1 Å². The molecule has 0 spiro atoms. The minimum absolute atomic E-state index is 0.0927. The molecule has 1 aromatic carbocycles. The molecule has 0 saturated carbocycles. The van der Waals surface area contributed by atoms with Crippen molar-refractivity contribution in [1.29, 1.82) is 5.26 Å². The Morgan fingerprint density at radius 1 is 1.53 bits per heavy atom. The van der Waals surface area contributed by atoms with E-state index in [9.17, 15) is 10.1 Å². The van der Waals surface area contributed by atoms with Crippen LogP contribution in [0.3, 0.4) is 0 Å². The Bertz CT molecular complexity index is 519. The number of hydrogen-bond acceptors (Lipinski definition) is 4. The molecule has 1 saturated heterocycles. The summed E-state index contributed by atoms with van der Waals surface area (Å²) in [5.41, 5.74) is 2.70. The van der Waals surface area contributed by atoms with Crippen LogP contribution in [0.15, 0.2) is 18.2 Å². The van der Waals surface area contributed by atoms with Crippen molar-refractivity contribution in [2.75, 3.05) is 25.1 Å². The number of para-hydroxylation sites is 1. The summed E-state index contributed by atoms with van der Waals surface area (Å²) in [4.78, 5) is 13.8. The van der Waals surface area contributed by atoms with E-state index in [4.69, 9.17) is 4.74 Å². The Kier molecular flexibility index (Phi) is 4.06. The number of nitriles is 1. The smallest absolute Gasteiger partial charge is 0.310 e. The third kappa shape index (κ3) is 2.70. The molecule has 0 N–H and O–H groups in total. The van der Waals surface area contributed by atoms with Crippen molar-refractivity contribution in [3.8, 4) is 6.07 Å². The number of carbonyl (C=O) groups is 1. The van der Waals surface area contributed by atoms with E-state index in [0.717, 1.165) is 30.6 Å². The first-order valence-electron chi connectivity index (χ1n) is 6.50. The lowest BCUT2D eigenvalue weighted by Crippen LogP contribution is -2.39. The van der Waals surface area contributed by atoms with Crippen molar-refractivity contribution in [3.05, 3.63) is 29.3 Å². The quantitative estimate of drug-likeness (QED) is 0.763. The lowest BCUT2D eigenvalue weighted by atomic mass is 9.96. The molecule has 0 amide bonds. The van der Waals surface area contributed by atoms with Crippen molar-refractivity contribution < 1.29 is 9.53 Å². The van der Waals surface area contributed by atoms with Crippen LogP contribution < -0.4 is 4.90 Å². The van der Waals surface area contributed by atoms with E-state index in [0.29, 0.717) is 12.1 Å². The van der Waals surface area contributed by atoms with Crippen molar-refractivity contribution in [2.24, 2.45) is 5.92 Å². The second kappa shape index (κ2) is 5.75. The number of esters is 1. The maximum Gasteiger partial charge on any atom is 0.310 e. The summed E-state index contributed by atoms with van der Waals surface area (Å²) >= 11 is 0. The molecule has 1 unspecified atom stereocenters. The van der Waals surface area contributed by atoms with Crippen LogP contribution in [-0.4, -0.2) is 26.2 Å². The van der Waals surface area contributed by atoms with Crippen molar-refractivity contribution in [1.82, 2.24) is 0 Å². The van der Waals surface area contributed by atoms with Gasteiger partial charge in [0, 0.05) is 13.1 Å². The van der Waals surface area contributed by atoms with E-state index in [1.165, 1.54) is 7.11 Å². The summed E-state index contributed by atoms with van der Waals surface area (Å²) in [5.74, 6) is -0.248. The highest BCUT2D eigenvalue weighted by Crippen LogP contribution is 2.29. The third-order valence-corrected chi connectivity index (χ3v) is 3.63. The summed E-state index contributed by atoms with van der Waals surface area (Å²) in [5, 5.41) is 9.23. The number of aryl methyl sites for hydroxylation is 1. The number of rotatable bonds is 2. The first kappa shape index (κ1) is 13.4. The van der Waals surface area contributed by atoms with Gasteiger partial charge in [-0.15, -0.1) is 0 Å². The molecule has 1 aliphatic heterocycles. The molecule has 0 radical (unpaired) electrons. The van der Waals surface area contributed by atoms with Crippen LogP contribution in [-0.2, 0) is 9.53 Å². The van der Waals surface area contributed by atoms with E-state index in [-0.39, 0.29) is 11.9 Å². The predicted octanol–water partition coefficient (Wildman–Crippen LogP) is 2.26. The highest BCUT2D eigenvalue weighted by atomic mass is 16.5. The minimum atomic E-state index is -0.156. The molecule has 1 heterocycles. The number of benzene rings is 1. The second-order valence-electron chi connectivity index (χ2n) is 4.89. The number of anilines is 1. The van der Waals surface area contributed by atoms with Crippen LogP contribution >= 0.6 is 0 Å². The van der Waals surface area contributed by atoms with Gasteiger partial charge in [0.05, 0.1) is 24.3 Å². The van der Waals surface area contributed by atoms with Gasteiger partial charge < -0.3 is 9.64 Å². The van der Waals surface area contributed by atoms with Gasteiger partial charge in [-0.1, -0.05) is 12.1 Å². The number of nitrogens with zero attached hydrogens (tertiary/aromatic N) is 2. The van der Waals surface area contributed by atoms with E-state index in [2.05, 4.69) is 11.0 Å². The highest BCUT2D eigenvalue weighted by Gasteiger charge is 2.28. The predicted molar refractivity (Wildman–Crippen MR) is 72.8 cm³/mol. The van der Waals surface area contributed by atoms with Gasteiger partial charge in [0.15, 0.2) is 0 Å². The molecule has 1 aromatic rings. The summed E-state index contributed by atoms with van der Waals surface area (Å²) in [6, 6.07) is 7.94. The molecule has 1 atom stereocenters. The summed E-state index contributed by atoms with van der Waals surface area (Å²) < 4.78 is 4.83. The van der Waals surface area contributed by atoms with Crippen LogP contribution in [0.25, 0.3) is 0 Å². The molecule has 4 heteroatoms. The SMILES string of the molecule is COC(=O)C1CCCN(c2c(C)cccc2C#N)C1. The van der Waals surface area contributed by atoms with Gasteiger partial charge in [0.1, 0.15) is 6.07 Å². The Labute approximate surface area is 113 Å². The number of carbonyl (C=O) groups excluding carboxylic acids is 1. The molecular formula is C15H18N2O2. The van der Waals surface area contributed by atoms with Gasteiger partial charge in [-0.2, -0.15) is 5.26 Å². The standard InChI is InChI=1S/C15H18N2O2/c1-11-5-3-6-12(9-16)14(11)17-8-4-7-13(10-17)15(18)19-2/h3,5-6,13H,4,7-8,10H2,1-2H3. The van der Waals surface area contributed by atoms with E-state index < -0.39 is 0 Å². The largest absolute Gasteiger partial charge is 0.469 e. The highest BCUT2D eigenvalue weighted by molar-refractivity contribution is 5.74. The normalized spacial score (nSPS) is 18.8. The van der Waals surface area contributed by atoms with Gasteiger partial charge in [-0.3, -0.25) is 4.79 Å². The lowest BCUT2D eigenvalue weighted by molar-refractivity contribution is -0.145. The van der Waals surface area contributed by atoms with Crippen LogP contribution in [0.4, 0.5) is 5.69 Å². The number of hydrogen-bond donors (Lipinski definition) is 0. The number of ether oxygens (including phenoxy) is 1. The Hall–Kier alpha value is -2.02. The third-order valence-electron chi connectivity index (χ3n) is 3.63. The van der Waals surface area contributed by atoms with Gasteiger partial charge in [-0.25, -0.2) is 0 Å². The molecule has 1 fully saturated rings. The molecule has 100 valence electrons. The number of piperidine rings is 1. The van der Waals surface area contributed by atoms with Crippen LogP contribution in [0.2, 0.25) is 0 Å². The summed E-state index contributed by atoms with van der Waals surface area (Å²) in [7, 11) is 1.43. The number of methoxy groups -OCH3 is 1. The van der Waals surface area contributed by atoms with Crippen LogP contribution in [0.1, 0.15) is 24.0 Å². The monoisotopic (exact) mass is 258 g/mol. The molecule has 4 nitrogen and oxygen atoms in total. The zero-order chi connectivity index (χ0) is 13.8. The minimum Gasteiger partial charge on any atom is -0.469 e. The van der Waals surface area contributed by atoms with Crippen molar-refractivity contribution in [2.45, 2.75) is 19.8 Å². The second-order valence-corrected chi connectivity index (χ2v) is 4.89. The molecule has 1 aliphatic rings. The van der Waals surface area contributed by atoms with Crippen molar-refractivity contribution >= 4 is 11.7 Å². The summed E-state index contributed by atoms with van der Waals surface area (Å²) in [6.07, 6.45) is 1.80. The Morgan fingerprint density at radius 3 is 3.00 bits per heavy atom. The Morgan fingerprint density at radius 2 is 2.32 bits per heavy atom. The molecule has 0 bridgehead atoms. The molecule has 2 rings (SSSR count). The maximum absolute atomic E-state index is 11.7. The average molecular weight is 258 g/mol. The summed E-state index contributed by atoms with van der Waals surface area (Å²) in [6.45, 7) is 3.51. The fraction of sp³-hybridized carbons (Fsp3) is 0.467. The molecule has 0 aliphatic carbocycles. The topological polar surface area (TPSA) is 53.3 Å². The lowest BCUT2D eigenvalue weighted by Gasteiger charge is -2.34. The molecule has 0 aromatic heterocycles. The first-order chi connectivity index (χ1) is 9.17. The van der Waals surface area contributed by atoms with Crippen molar-refractivity contribution in [3.63, 3.8) is 0 Å². The van der Waals surface area contributed by atoms with Gasteiger partial charge in [0.25, 0.3) is 0 Å². The van der Waals surface area contributed by atoms with Crippen LogP contribution in [0, 0.1) is 24.2 Å². The van der Waals surface area contributed by atoms with Gasteiger partial charge in [0.2, 0.25) is 0 Å². The van der Waals surface area contributed by atoms with E-state index in [1.54, 1.807) is 0 Å².